The molecule has 0 radical (unpaired) electrons. The lowest BCUT2D eigenvalue weighted by Gasteiger charge is -2.33. The van der Waals surface area contributed by atoms with Crippen LogP contribution in [0.4, 0.5) is 5.82 Å². The van der Waals surface area contributed by atoms with E-state index in [0.717, 1.165) is 36.1 Å². The molecule has 1 N–H and O–H groups in total. The fraction of sp³-hybridized carbons (Fsp3) is 0.375. The molecule has 120 valence electrons. The van der Waals surface area contributed by atoms with Gasteiger partial charge in [0.2, 0.25) is 10.0 Å². The van der Waals surface area contributed by atoms with Gasteiger partial charge in [-0.05, 0) is 43.2 Å². The smallest absolute Gasteiger partial charge is 0.209 e. The number of aromatic nitrogens is 1. The highest BCUT2D eigenvalue weighted by Crippen LogP contribution is 2.22. The summed E-state index contributed by atoms with van der Waals surface area (Å²) in [6.45, 7) is 1.47. The molecule has 7 heteroatoms. The minimum absolute atomic E-state index is 0.0859. The summed E-state index contributed by atoms with van der Waals surface area (Å²) < 4.78 is 25.5. The Labute approximate surface area is 135 Å². The number of hydrogen-bond donors (Lipinski definition) is 1. The van der Waals surface area contributed by atoms with Crippen molar-refractivity contribution >= 4 is 26.7 Å². The van der Waals surface area contributed by atoms with Crippen molar-refractivity contribution < 1.29 is 8.42 Å². The molecule has 1 aromatic carbocycles. The summed E-state index contributed by atoms with van der Waals surface area (Å²) >= 11 is 0. The Morgan fingerprint density at radius 1 is 1.35 bits per heavy atom. The van der Waals surface area contributed by atoms with Gasteiger partial charge >= 0.3 is 0 Å². The maximum atomic E-state index is 11.4. The van der Waals surface area contributed by atoms with E-state index < -0.39 is 10.0 Å². The third kappa shape index (κ3) is 3.78. The zero-order valence-corrected chi connectivity index (χ0v) is 13.7. The molecule has 0 spiro atoms. The number of pyridine rings is 1. The van der Waals surface area contributed by atoms with Crippen LogP contribution in [0.3, 0.4) is 0 Å². The third-order valence-electron chi connectivity index (χ3n) is 3.93. The average Bonchev–Trinajstić information content (AvgIpc) is 2.52. The zero-order valence-electron chi connectivity index (χ0n) is 12.9. The van der Waals surface area contributed by atoms with Crippen molar-refractivity contribution in [3.05, 3.63) is 35.9 Å². The molecule has 2 aromatic rings. The molecule has 23 heavy (non-hydrogen) atoms. The Balaban J connectivity index is 1.83. The predicted molar refractivity (Wildman–Crippen MR) is 89.7 cm³/mol. The van der Waals surface area contributed by atoms with E-state index in [-0.39, 0.29) is 6.04 Å². The van der Waals surface area contributed by atoms with E-state index in [1.165, 1.54) is 6.26 Å². The molecule has 0 amide bonds. The van der Waals surface area contributed by atoms with Gasteiger partial charge in [-0.1, -0.05) is 0 Å². The van der Waals surface area contributed by atoms with Gasteiger partial charge in [0.15, 0.2) is 0 Å². The fourth-order valence-corrected chi connectivity index (χ4v) is 3.74. The summed E-state index contributed by atoms with van der Waals surface area (Å²) in [5, 5.41) is 9.87. The minimum atomic E-state index is -3.20. The van der Waals surface area contributed by atoms with E-state index in [9.17, 15) is 8.42 Å². The van der Waals surface area contributed by atoms with E-state index in [2.05, 4.69) is 20.7 Å². The van der Waals surface area contributed by atoms with Gasteiger partial charge in [-0.3, -0.25) is 0 Å². The summed E-state index contributed by atoms with van der Waals surface area (Å²) in [6.07, 6.45) is 2.94. The fourth-order valence-electron chi connectivity index (χ4n) is 2.94. The maximum absolute atomic E-state index is 11.4. The minimum Gasteiger partial charge on any atom is -0.355 e. The Kier molecular flexibility index (Phi) is 4.20. The molecule has 0 bridgehead atoms. The summed E-state index contributed by atoms with van der Waals surface area (Å²) in [5.74, 6) is 0.835. The molecule has 2 heterocycles. The number of piperidine rings is 1. The first kappa shape index (κ1) is 15.7. The Morgan fingerprint density at radius 3 is 2.91 bits per heavy atom. The second kappa shape index (κ2) is 6.14. The zero-order chi connectivity index (χ0) is 16.4. The Bertz CT molecular complexity index is 873. The first-order valence-corrected chi connectivity index (χ1v) is 9.37. The molecular formula is C16H18N4O2S. The molecule has 1 atom stereocenters. The molecule has 0 aliphatic carbocycles. The van der Waals surface area contributed by atoms with Gasteiger partial charge in [-0.25, -0.2) is 18.1 Å². The molecule has 1 aliphatic rings. The SMILES string of the molecule is CS(=O)(=O)N[C@@H]1CCCN(c2ccc3cc(C#N)ccc3n2)C1. The van der Waals surface area contributed by atoms with Crippen molar-refractivity contribution in [1.82, 2.24) is 9.71 Å². The highest BCUT2D eigenvalue weighted by molar-refractivity contribution is 7.88. The van der Waals surface area contributed by atoms with Gasteiger partial charge in [0.25, 0.3) is 0 Å². The molecule has 6 nitrogen and oxygen atoms in total. The van der Waals surface area contributed by atoms with Crippen molar-refractivity contribution in [1.29, 1.82) is 5.26 Å². The van der Waals surface area contributed by atoms with Crippen LogP contribution in [0.1, 0.15) is 18.4 Å². The Morgan fingerprint density at radius 2 is 2.17 bits per heavy atom. The highest BCUT2D eigenvalue weighted by atomic mass is 32.2. The topological polar surface area (TPSA) is 86.1 Å². The first-order chi connectivity index (χ1) is 10.9. The van der Waals surface area contributed by atoms with Gasteiger partial charge in [-0.15, -0.1) is 0 Å². The van der Waals surface area contributed by atoms with Crippen LogP contribution in [-0.4, -0.2) is 38.8 Å². The van der Waals surface area contributed by atoms with E-state index in [0.29, 0.717) is 12.1 Å². The summed E-state index contributed by atoms with van der Waals surface area (Å²) in [6, 6.07) is 11.3. The second-order valence-electron chi connectivity index (χ2n) is 5.86. The van der Waals surface area contributed by atoms with Gasteiger partial charge in [0.1, 0.15) is 5.82 Å². The number of sulfonamides is 1. The highest BCUT2D eigenvalue weighted by Gasteiger charge is 2.23. The largest absolute Gasteiger partial charge is 0.355 e. The lowest BCUT2D eigenvalue weighted by molar-refractivity contribution is 0.466. The third-order valence-corrected chi connectivity index (χ3v) is 4.69. The predicted octanol–water partition coefficient (Wildman–Crippen LogP) is 1.62. The molecule has 1 aliphatic heterocycles. The van der Waals surface area contributed by atoms with Crippen molar-refractivity contribution in [3.63, 3.8) is 0 Å². The monoisotopic (exact) mass is 330 g/mol. The Hall–Kier alpha value is -2.17. The number of fused-ring (bicyclic) bond motifs is 1. The number of anilines is 1. The van der Waals surface area contributed by atoms with E-state index in [4.69, 9.17) is 5.26 Å². The first-order valence-electron chi connectivity index (χ1n) is 7.48. The standard InChI is InChI=1S/C16H18N4O2S/c1-23(21,22)19-14-3-2-8-20(11-14)16-7-5-13-9-12(10-17)4-6-15(13)18-16/h4-7,9,14,19H,2-3,8,11H2,1H3/t14-/m1/s1. The van der Waals surface area contributed by atoms with Crippen LogP contribution in [0.5, 0.6) is 0 Å². The van der Waals surface area contributed by atoms with Crippen LogP contribution in [0, 0.1) is 11.3 Å². The van der Waals surface area contributed by atoms with Crippen LogP contribution in [-0.2, 0) is 10.0 Å². The molecular weight excluding hydrogens is 312 g/mol. The lowest BCUT2D eigenvalue weighted by atomic mass is 10.1. The van der Waals surface area contributed by atoms with Crippen LogP contribution in [0.2, 0.25) is 0 Å². The van der Waals surface area contributed by atoms with E-state index in [1.54, 1.807) is 6.07 Å². The normalized spacial score (nSPS) is 18.8. The molecule has 0 unspecified atom stereocenters. The number of benzene rings is 1. The van der Waals surface area contributed by atoms with Crippen LogP contribution in [0.15, 0.2) is 30.3 Å². The quantitative estimate of drug-likeness (QED) is 0.924. The lowest BCUT2D eigenvalue weighted by Crippen LogP contribution is -2.47. The van der Waals surface area contributed by atoms with Crippen LogP contribution >= 0.6 is 0 Å². The summed E-state index contributed by atoms with van der Waals surface area (Å²) in [5.41, 5.74) is 1.45. The van der Waals surface area contributed by atoms with Gasteiger partial charge in [0, 0.05) is 24.5 Å². The average molecular weight is 330 g/mol. The van der Waals surface area contributed by atoms with Crippen LogP contribution < -0.4 is 9.62 Å². The van der Waals surface area contributed by atoms with Crippen molar-refractivity contribution in [2.24, 2.45) is 0 Å². The van der Waals surface area contributed by atoms with E-state index in [1.807, 2.05) is 24.3 Å². The summed E-state index contributed by atoms with van der Waals surface area (Å²) in [4.78, 5) is 6.75. The van der Waals surface area contributed by atoms with Gasteiger partial charge < -0.3 is 4.90 Å². The second-order valence-corrected chi connectivity index (χ2v) is 7.64. The van der Waals surface area contributed by atoms with Crippen LogP contribution in [0.25, 0.3) is 10.9 Å². The summed E-state index contributed by atoms with van der Waals surface area (Å²) in [7, 11) is -3.20. The molecule has 1 aromatic heterocycles. The number of rotatable bonds is 3. The van der Waals surface area contributed by atoms with Crippen molar-refractivity contribution in [2.75, 3.05) is 24.2 Å². The van der Waals surface area contributed by atoms with Crippen molar-refractivity contribution in [3.8, 4) is 6.07 Å². The number of nitrogens with one attached hydrogen (secondary N) is 1. The van der Waals surface area contributed by atoms with E-state index >= 15 is 0 Å². The molecule has 1 fully saturated rings. The van der Waals surface area contributed by atoms with Crippen molar-refractivity contribution in [2.45, 2.75) is 18.9 Å². The molecule has 0 saturated carbocycles. The van der Waals surface area contributed by atoms with Gasteiger partial charge in [0.05, 0.1) is 23.4 Å². The molecule has 3 rings (SSSR count). The number of nitrogens with zero attached hydrogens (tertiary/aromatic N) is 3. The van der Waals surface area contributed by atoms with Gasteiger partial charge in [-0.2, -0.15) is 5.26 Å². The maximum Gasteiger partial charge on any atom is 0.209 e. The number of nitriles is 1. The molecule has 1 saturated heterocycles. The number of hydrogen-bond acceptors (Lipinski definition) is 5.